The van der Waals surface area contributed by atoms with Gasteiger partial charge in [0.05, 0.1) is 6.54 Å². The van der Waals surface area contributed by atoms with E-state index in [1.807, 2.05) is 19.1 Å². The second-order valence-electron chi connectivity index (χ2n) is 4.46. The molecule has 0 fully saturated rings. The number of carbonyl (C=O) groups is 2. The van der Waals surface area contributed by atoms with Crippen LogP contribution in [0.1, 0.15) is 12.5 Å². The third kappa shape index (κ3) is 4.32. The molecule has 1 aromatic rings. The van der Waals surface area contributed by atoms with E-state index in [9.17, 15) is 9.59 Å². The molecule has 1 aromatic carbocycles. The Kier molecular flexibility index (Phi) is 5.60. The molecule has 0 bridgehead atoms. The average molecular weight is 274 g/mol. The first kappa shape index (κ1) is 15.6. The number of hydrogen-bond acceptors (Lipinski definition) is 3. The monoisotopic (exact) mass is 274 g/mol. The van der Waals surface area contributed by atoms with Gasteiger partial charge in [-0.2, -0.15) is 0 Å². The van der Waals surface area contributed by atoms with Gasteiger partial charge in [-0.15, -0.1) is 6.42 Å². The van der Waals surface area contributed by atoms with Crippen molar-refractivity contribution < 1.29 is 14.7 Å². The molecular weight excluding hydrogens is 256 g/mol. The van der Waals surface area contributed by atoms with E-state index >= 15 is 0 Å². The van der Waals surface area contributed by atoms with Crippen LogP contribution in [0, 0.1) is 19.3 Å². The zero-order chi connectivity index (χ0) is 15.1. The highest BCUT2D eigenvalue weighted by Crippen LogP contribution is 2.17. The minimum atomic E-state index is -0.998. The van der Waals surface area contributed by atoms with Gasteiger partial charge in [0.1, 0.15) is 12.6 Å². The smallest absolute Gasteiger partial charge is 0.323 e. The Morgan fingerprint density at radius 1 is 1.40 bits per heavy atom. The van der Waals surface area contributed by atoms with Crippen LogP contribution in [0.3, 0.4) is 0 Å². The lowest BCUT2D eigenvalue weighted by Crippen LogP contribution is -2.47. The molecule has 0 heterocycles. The Hall–Kier alpha value is -2.48. The van der Waals surface area contributed by atoms with Gasteiger partial charge in [0.2, 0.25) is 5.91 Å². The van der Waals surface area contributed by atoms with Crippen molar-refractivity contribution in [3.05, 3.63) is 29.8 Å². The highest BCUT2D eigenvalue weighted by Gasteiger charge is 2.23. The van der Waals surface area contributed by atoms with Crippen molar-refractivity contribution in [1.29, 1.82) is 0 Å². The van der Waals surface area contributed by atoms with Crippen LogP contribution in [0.25, 0.3) is 0 Å². The third-order valence-electron chi connectivity index (χ3n) is 2.88. The fourth-order valence-corrected chi connectivity index (χ4v) is 1.76. The Morgan fingerprint density at radius 3 is 2.50 bits per heavy atom. The van der Waals surface area contributed by atoms with Gasteiger partial charge in [-0.25, -0.2) is 0 Å². The van der Waals surface area contributed by atoms with Crippen molar-refractivity contribution >= 4 is 17.6 Å². The highest BCUT2D eigenvalue weighted by molar-refractivity contribution is 5.87. The second kappa shape index (κ2) is 7.19. The molecule has 1 unspecified atom stereocenters. The van der Waals surface area contributed by atoms with Crippen LogP contribution in [0.5, 0.6) is 0 Å². The summed E-state index contributed by atoms with van der Waals surface area (Å²) in [7, 11) is 0. The van der Waals surface area contributed by atoms with Gasteiger partial charge >= 0.3 is 5.97 Å². The van der Waals surface area contributed by atoms with E-state index in [0.717, 1.165) is 5.56 Å². The average Bonchev–Trinajstić information content (AvgIpc) is 2.42. The lowest BCUT2D eigenvalue weighted by atomic mass is 10.1. The number of anilines is 1. The summed E-state index contributed by atoms with van der Waals surface area (Å²) in [5.74, 6) is 1.01. The number of aryl methyl sites for hydroxylation is 1. The van der Waals surface area contributed by atoms with Gasteiger partial charge in [-0.3, -0.25) is 9.59 Å². The van der Waals surface area contributed by atoms with Crippen molar-refractivity contribution in [3.63, 3.8) is 0 Å². The predicted molar refractivity (Wildman–Crippen MR) is 77.5 cm³/mol. The molecule has 1 rings (SSSR count). The Balaban J connectivity index is 2.94. The molecule has 1 atom stereocenters. The SMILES string of the molecule is C#CCNC(=O)C(C)N(CC(=O)O)c1ccc(C)cc1. The number of carboxylic acid groups (broad SMARTS) is 1. The molecule has 0 aliphatic heterocycles. The fraction of sp³-hybridized carbons (Fsp3) is 0.333. The lowest BCUT2D eigenvalue weighted by molar-refractivity contribution is -0.135. The van der Waals surface area contributed by atoms with E-state index in [1.165, 1.54) is 4.90 Å². The number of nitrogens with zero attached hydrogens (tertiary/aromatic N) is 1. The fourth-order valence-electron chi connectivity index (χ4n) is 1.76. The lowest BCUT2D eigenvalue weighted by Gasteiger charge is -2.28. The number of amides is 1. The second-order valence-corrected chi connectivity index (χ2v) is 4.46. The zero-order valence-electron chi connectivity index (χ0n) is 11.6. The van der Waals surface area contributed by atoms with Crippen molar-refractivity contribution in [1.82, 2.24) is 5.32 Å². The van der Waals surface area contributed by atoms with Crippen molar-refractivity contribution in [2.24, 2.45) is 0 Å². The van der Waals surface area contributed by atoms with Gasteiger partial charge in [0.25, 0.3) is 0 Å². The molecule has 5 nitrogen and oxygen atoms in total. The molecule has 0 aliphatic rings. The van der Waals surface area contributed by atoms with Crippen LogP contribution in [-0.2, 0) is 9.59 Å². The Bertz CT molecular complexity index is 517. The highest BCUT2D eigenvalue weighted by atomic mass is 16.4. The quantitative estimate of drug-likeness (QED) is 0.760. The van der Waals surface area contributed by atoms with Crippen molar-refractivity contribution in [2.75, 3.05) is 18.0 Å². The number of hydrogen-bond donors (Lipinski definition) is 2. The summed E-state index contributed by atoms with van der Waals surface area (Å²) in [6.07, 6.45) is 5.09. The summed E-state index contributed by atoms with van der Waals surface area (Å²) < 4.78 is 0. The molecule has 0 aromatic heterocycles. The van der Waals surface area contributed by atoms with E-state index < -0.39 is 12.0 Å². The normalized spacial score (nSPS) is 11.2. The number of carbonyl (C=O) groups excluding carboxylic acids is 1. The van der Waals surface area contributed by atoms with Crippen LogP contribution in [-0.4, -0.2) is 36.1 Å². The maximum absolute atomic E-state index is 11.9. The first-order chi connectivity index (χ1) is 9.45. The summed E-state index contributed by atoms with van der Waals surface area (Å²) in [5, 5.41) is 11.6. The molecule has 0 spiro atoms. The van der Waals surface area contributed by atoms with E-state index in [2.05, 4.69) is 11.2 Å². The molecule has 0 saturated carbocycles. The molecule has 1 amide bonds. The maximum atomic E-state index is 11.9. The van der Waals surface area contributed by atoms with E-state index in [0.29, 0.717) is 5.69 Å². The van der Waals surface area contributed by atoms with Crippen LogP contribution in [0.15, 0.2) is 24.3 Å². The van der Waals surface area contributed by atoms with Crippen molar-refractivity contribution in [2.45, 2.75) is 19.9 Å². The summed E-state index contributed by atoms with van der Waals surface area (Å²) in [6, 6.07) is 6.71. The first-order valence-electron chi connectivity index (χ1n) is 6.22. The van der Waals surface area contributed by atoms with Gasteiger partial charge in [-0.1, -0.05) is 23.6 Å². The van der Waals surface area contributed by atoms with Crippen molar-refractivity contribution in [3.8, 4) is 12.3 Å². The number of rotatable bonds is 6. The third-order valence-corrected chi connectivity index (χ3v) is 2.88. The summed E-state index contributed by atoms with van der Waals surface area (Å²) in [6.45, 7) is 3.45. The Morgan fingerprint density at radius 2 is 2.00 bits per heavy atom. The number of terminal acetylenes is 1. The van der Waals surface area contributed by atoms with E-state index in [4.69, 9.17) is 11.5 Å². The number of carboxylic acids is 1. The minimum absolute atomic E-state index is 0.123. The molecular formula is C15H18N2O3. The van der Waals surface area contributed by atoms with Gasteiger partial charge in [-0.05, 0) is 26.0 Å². The summed E-state index contributed by atoms with van der Waals surface area (Å²) in [4.78, 5) is 24.4. The van der Waals surface area contributed by atoms with Crippen LogP contribution in [0.2, 0.25) is 0 Å². The molecule has 0 saturated heterocycles. The van der Waals surface area contributed by atoms with E-state index in [-0.39, 0.29) is 19.0 Å². The zero-order valence-corrected chi connectivity index (χ0v) is 11.6. The maximum Gasteiger partial charge on any atom is 0.323 e. The molecule has 106 valence electrons. The summed E-state index contributed by atoms with van der Waals surface area (Å²) >= 11 is 0. The Labute approximate surface area is 118 Å². The van der Waals surface area contributed by atoms with Crippen LogP contribution >= 0.6 is 0 Å². The first-order valence-corrected chi connectivity index (χ1v) is 6.22. The topological polar surface area (TPSA) is 69.6 Å². The number of nitrogens with one attached hydrogen (secondary N) is 1. The molecule has 0 aliphatic carbocycles. The van der Waals surface area contributed by atoms with E-state index in [1.54, 1.807) is 19.1 Å². The van der Waals surface area contributed by atoms with Gasteiger partial charge < -0.3 is 15.3 Å². The largest absolute Gasteiger partial charge is 0.480 e. The minimum Gasteiger partial charge on any atom is -0.480 e. The number of benzene rings is 1. The van der Waals surface area contributed by atoms with Gasteiger partial charge in [0, 0.05) is 5.69 Å². The molecule has 2 N–H and O–H groups in total. The summed E-state index contributed by atoms with van der Waals surface area (Å²) in [5.41, 5.74) is 1.75. The molecule has 0 radical (unpaired) electrons. The predicted octanol–water partition coefficient (Wildman–Crippen LogP) is 1.02. The van der Waals surface area contributed by atoms with Crippen LogP contribution in [0.4, 0.5) is 5.69 Å². The van der Waals surface area contributed by atoms with Gasteiger partial charge in [0.15, 0.2) is 0 Å². The number of aliphatic carboxylic acids is 1. The molecule has 20 heavy (non-hydrogen) atoms. The van der Waals surface area contributed by atoms with Crippen LogP contribution < -0.4 is 10.2 Å². The molecule has 5 heteroatoms. The standard InChI is InChI=1S/C15H18N2O3/c1-4-9-16-15(20)12(3)17(10-14(18)19)13-7-5-11(2)6-8-13/h1,5-8,12H,9-10H2,2-3H3,(H,16,20)(H,18,19).